The quantitative estimate of drug-likeness (QED) is 0.0239. The number of rotatable bonds is 25. The number of benzene rings is 2. The van der Waals surface area contributed by atoms with Gasteiger partial charge in [0.2, 0.25) is 23.6 Å². The highest BCUT2D eigenvalue weighted by atomic mass is 16.4. The minimum absolute atomic E-state index is 0.00101. The van der Waals surface area contributed by atoms with Gasteiger partial charge in [-0.3, -0.25) is 34.2 Å². The summed E-state index contributed by atoms with van der Waals surface area (Å²) in [4.78, 5) is 82.5. The number of hydrogen-bond donors (Lipinski definition) is 13. The van der Waals surface area contributed by atoms with Gasteiger partial charge in [0.05, 0.1) is 6.04 Å². The van der Waals surface area contributed by atoms with Crippen LogP contribution in [0.4, 0.5) is 0 Å². The number of H-pyrrole nitrogens is 1. The summed E-state index contributed by atoms with van der Waals surface area (Å²) >= 11 is 0. The summed E-state index contributed by atoms with van der Waals surface area (Å²) in [5, 5.41) is 21.4. The van der Waals surface area contributed by atoms with Crippen LogP contribution in [0.15, 0.2) is 75.8 Å². The lowest BCUT2D eigenvalue weighted by molar-refractivity contribution is -0.142. The van der Waals surface area contributed by atoms with E-state index >= 15 is 0 Å². The molecule has 1 heterocycles. The summed E-state index contributed by atoms with van der Waals surface area (Å²) in [5.41, 5.74) is 40.9. The first-order chi connectivity index (χ1) is 28.1. The first-order valence-electron chi connectivity index (χ1n) is 19.1. The van der Waals surface area contributed by atoms with Crippen molar-refractivity contribution in [2.75, 3.05) is 19.6 Å². The predicted molar refractivity (Wildman–Crippen MR) is 225 cm³/mol. The van der Waals surface area contributed by atoms with Crippen LogP contribution in [0, 0.1) is 0 Å². The van der Waals surface area contributed by atoms with E-state index < -0.39 is 59.8 Å². The number of nitrogens with zero attached hydrogens (tertiary/aromatic N) is 3. The molecule has 0 saturated carbocycles. The minimum atomic E-state index is -1.33. The summed E-state index contributed by atoms with van der Waals surface area (Å²) in [6.07, 6.45) is 2.81. The Morgan fingerprint density at radius 2 is 1.03 bits per heavy atom. The number of fused-ring (bicyclic) bond motifs is 1. The number of para-hydroxylation sites is 1. The second-order valence-electron chi connectivity index (χ2n) is 13.8. The number of aromatic nitrogens is 1. The molecule has 1 aromatic heterocycles. The largest absolute Gasteiger partial charge is 0.480 e. The Morgan fingerprint density at radius 3 is 1.61 bits per heavy atom. The molecule has 0 aliphatic rings. The van der Waals surface area contributed by atoms with Crippen LogP contribution in [0.25, 0.3) is 10.9 Å². The predicted octanol–water partition coefficient (Wildman–Crippen LogP) is -2.54. The Labute approximate surface area is 341 Å². The van der Waals surface area contributed by atoms with Gasteiger partial charge in [0, 0.05) is 49.6 Å². The van der Waals surface area contributed by atoms with Crippen molar-refractivity contribution in [2.45, 2.75) is 81.6 Å². The Balaban J connectivity index is 1.91. The van der Waals surface area contributed by atoms with E-state index in [9.17, 15) is 29.1 Å². The van der Waals surface area contributed by atoms with Crippen molar-refractivity contribution >= 4 is 58.4 Å². The van der Waals surface area contributed by atoms with Gasteiger partial charge in [0.15, 0.2) is 17.9 Å². The summed E-state index contributed by atoms with van der Waals surface area (Å²) in [6.45, 7) is 0.496. The number of aliphatic imine (C=N–C) groups is 3. The van der Waals surface area contributed by atoms with Crippen LogP contribution in [0.3, 0.4) is 0 Å². The number of aliphatic carboxylic acids is 1. The van der Waals surface area contributed by atoms with Gasteiger partial charge in [0.25, 0.3) is 0 Å². The number of nitrogens with one attached hydrogen (secondary N) is 5. The van der Waals surface area contributed by atoms with Gasteiger partial charge < -0.3 is 71.5 Å². The normalized spacial score (nSPS) is 13.4. The van der Waals surface area contributed by atoms with E-state index in [0.717, 1.165) is 16.5 Å². The van der Waals surface area contributed by atoms with Crippen molar-refractivity contribution in [2.24, 2.45) is 55.1 Å². The lowest BCUT2D eigenvalue weighted by atomic mass is 10.0. The second kappa shape index (κ2) is 24.0. The molecule has 5 unspecified atom stereocenters. The molecule has 0 spiro atoms. The number of carbonyl (C=O) groups excluding carboxylic acids is 4. The molecule has 320 valence electrons. The molecule has 5 atom stereocenters. The van der Waals surface area contributed by atoms with Crippen LogP contribution < -0.4 is 61.4 Å². The third-order valence-corrected chi connectivity index (χ3v) is 9.09. The smallest absolute Gasteiger partial charge is 0.326 e. The van der Waals surface area contributed by atoms with Gasteiger partial charge in [0.1, 0.15) is 24.2 Å². The minimum Gasteiger partial charge on any atom is -0.480 e. The lowest BCUT2D eigenvalue weighted by Crippen LogP contribution is -2.59. The van der Waals surface area contributed by atoms with E-state index in [4.69, 9.17) is 40.1 Å². The maximum atomic E-state index is 14.3. The van der Waals surface area contributed by atoms with Crippen molar-refractivity contribution in [3.63, 3.8) is 0 Å². The SMILES string of the molecule is NC(N)=NCCCC(N)C(=O)NC(Cc1c[nH]c2ccccc12)C(=O)NC(Cc1ccccc1)C(=O)NC(CCCN=C(N)N)C(=O)NC(CCCN=C(N)N)C(=O)O. The number of carboxylic acids is 1. The molecule has 21 nitrogen and oxygen atoms in total. The van der Waals surface area contributed by atoms with Gasteiger partial charge >= 0.3 is 5.97 Å². The van der Waals surface area contributed by atoms with Gasteiger partial charge in [-0.1, -0.05) is 48.5 Å². The molecule has 2 aromatic carbocycles. The number of carbonyl (C=O) groups is 5. The number of hydrogen-bond acceptors (Lipinski definition) is 9. The average Bonchev–Trinajstić information content (AvgIpc) is 3.60. The molecule has 3 aromatic rings. The second-order valence-corrected chi connectivity index (χ2v) is 13.8. The zero-order valence-electron chi connectivity index (χ0n) is 32.8. The van der Waals surface area contributed by atoms with E-state index in [1.54, 1.807) is 36.5 Å². The molecule has 4 amide bonds. The van der Waals surface area contributed by atoms with Crippen molar-refractivity contribution in [3.05, 3.63) is 71.9 Å². The Kier molecular flexibility index (Phi) is 18.9. The van der Waals surface area contributed by atoms with Gasteiger partial charge in [-0.25, -0.2) is 4.79 Å². The highest BCUT2D eigenvalue weighted by molar-refractivity contribution is 5.96. The highest BCUT2D eigenvalue weighted by Crippen LogP contribution is 2.20. The fourth-order valence-electron chi connectivity index (χ4n) is 6.07. The third-order valence-electron chi connectivity index (χ3n) is 9.09. The fraction of sp³-hybridized carbons (Fsp3) is 0.421. The number of amides is 4. The third kappa shape index (κ3) is 16.6. The van der Waals surface area contributed by atoms with Crippen LogP contribution in [0.1, 0.15) is 49.7 Å². The molecule has 59 heavy (non-hydrogen) atoms. The summed E-state index contributed by atoms with van der Waals surface area (Å²) < 4.78 is 0. The van der Waals surface area contributed by atoms with Crippen molar-refractivity contribution < 1.29 is 29.1 Å². The number of aromatic amines is 1. The molecule has 0 bridgehead atoms. The molecule has 0 fully saturated rings. The molecule has 0 aliphatic heterocycles. The van der Waals surface area contributed by atoms with Crippen LogP contribution in [0.2, 0.25) is 0 Å². The summed E-state index contributed by atoms with van der Waals surface area (Å²) in [7, 11) is 0. The molecule has 0 aliphatic carbocycles. The highest BCUT2D eigenvalue weighted by Gasteiger charge is 2.32. The first-order valence-corrected chi connectivity index (χ1v) is 19.1. The summed E-state index contributed by atoms with van der Waals surface area (Å²) in [6, 6.07) is 10.2. The van der Waals surface area contributed by atoms with Crippen molar-refractivity contribution in [1.29, 1.82) is 0 Å². The molecular formula is C38H57N15O6. The van der Waals surface area contributed by atoms with Crippen LogP contribution in [-0.2, 0) is 36.8 Å². The molecule has 0 radical (unpaired) electrons. The molecular weight excluding hydrogens is 763 g/mol. The standard InChI is InChI=1S/C38H57N15O6/c39-25(12-6-16-46-36(40)41)31(54)52-30(20-23-21-49-26-13-5-4-11-24(23)26)34(57)53-29(19-22-9-2-1-3-10-22)33(56)50-27(14-7-17-47-37(42)43)32(55)51-28(35(58)59)15-8-18-48-38(44)45/h1-5,9-11,13,21,25,27-30,49H,6-8,12,14-20,39H2,(H,50,56)(H,51,55)(H,52,54)(H,53,57)(H,58,59)(H4,40,41,46)(H4,42,43,47)(H4,44,45,48). The lowest BCUT2D eigenvalue weighted by Gasteiger charge is -2.26. The Hall–Kier alpha value is -6.90. The van der Waals surface area contributed by atoms with Crippen LogP contribution >= 0.6 is 0 Å². The van der Waals surface area contributed by atoms with Crippen LogP contribution in [-0.4, -0.2) is 107 Å². The van der Waals surface area contributed by atoms with E-state index in [1.807, 2.05) is 24.3 Å². The molecule has 3 rings (SSSR count). The van der Waals surface area contributed by atoms with Gasteiger partial charge in [-0.05, 0) is 55.7 Å². The Morgan fingerprint density at radius 1 is 0.576 bits per heavy atom. The maximum absolute atomic E-state index is 14.3. The number of carboxylic acid groups (broad SMARTS) is 1. The fourth-order valence-corrected chi connectivity index (χ4v) is 6.07. The number of guanidine groups is 3. The van der Waals surface area contributed by atoms with Crippen molar-refractivity contribution in [3.8, 4) is 0 Å². The maximum Gasteiger partial charge on any atom is 0.326 e. The van der Waals surface area contributed by atoms with Crippen molar-refractivity contribution in [1.82, 2.24) is 26.3 Å². The molecule has 21 heteroatoms. The molecule has 20 N–H and O–H groups in total. The zero-order chi connectivity index (χ0) is 43.3. The number of nitrogens with two attached hydrogens (primary N) is 7. The monoisotopic (exact) mass is 819 g/mol. The Bertz CT molecular complexity index is 1940. The molecule has 0 saturated heterocycles. The summed E-state index contributed by atoms with van der Waals surface area (Å²) in [5.74, 6) is -4.58. The van der Waals surface area contributed by atoms with E-state index in [1.165, 1.54) is 0 Å². The van der Waals surface area contributed by atoms with Gasteiger partial charge in [-0.2, -0.15) is 0 Å². The first kappa shape index (κ1) is 46.5. The zero-order valence-corrected chi connectivity index (χ0v) is 32.8. The van der Waals surface area contributed by atoms with Gasteiger partial charge in [-0.15, -0.1) is 0 Å². The average molecular weight is 820 g/mol. The topological polar surface area (TPSA) is 389 Å². The van der Waals surface area contributed by atoms with Crippen LogP contribution in [0.5, 0.6) is 0 Å². The van der Waals surface area contributed by atoms with E-state index in [2.05, 4.69) is 41.2 Å². The van der Waals surface area contributed by atoms with E-state index in [0.29, 0.717) is 12.0 Å². The van der Waals surface area contributed by atoms with E-state index in [-0.39, 0.29) is 82.5 Å².